The van der Waals surface area contributed by atoms with Crippen LogP contribution in [0.4, 0.5) is 0 Å². The highest BCUT2D eigenvalue weighted by Gasteiger charge is 2.09. The molecule has 3 N–H and O–H groups in total. The summed E-state index contributed by atoms with van der Waals surface area (Å²) in [4.78, 5) is 11.5. The van der Waals surface area contributed by atoms with Gasteiger partial charge in [0.1, 0.15) is 0 Å². The van der Waals surface area contributed by atoms with Crippen LogP contribution in [0.3, 0.4) is 0 Å². The summed E-state index contributed by atoms with van der Waals surface area (Å²) in [6.07, 6.45) is 1.93. The summed E-state index contributed by atoms with van der Waals surface area (Å²) < 4.78 is 0. The number of aryl methyl sites for hydroxylation is 1. The molecule has 0 saturated heterocycles. The number of carbonyl (C=O) groups excluding carboxylic acids is 1. The minimum absolute atomic E-state index is 0.0395. The van der Waals surface area contributed by atoms with E-state index in [9.17, 15) is 4.79 Å². The monoisotopic (exact) mass is 234 g/mol. The van der Waals surface area contributed by atoms with E-state index in [0.29, 0.717) is 13.1 Å². The van der Waals surface area contributed by atoms with Gasteiger partial charge >= 0.3 is 0 Å². The summed E-state index contributed by atoms with van der Waals surface area (Å²) in [6, 6.07) is 8.52. The van der Waals surface area contributed by atoms with Crippen molar-refractivity contribution in [2.24, 2.45) is 11.7 Å². The molecule has 0 aliphatic rings. The van der Waals surface area contributed by atoms with E-state index in [0.717, 1.165) is 12.8 Å². The summed E-state index contributed by atoms with van der Waals surface area (Å²) in [5.41, 5.74) is 8.02. The van der Waals surface area contributed by atoms with Crippen LogP contribution in [0.5, 0.6) is 0 Å². The van der Waals surface area contributed by atoms with Crippen molar-refractivity contribution in [2.45, 2.75) is 26.7 Å². The van der Waals surface area contributed by atoms with Crippen molar-refractivity contribution in [1.82, 2.24) is 5.32 Å². The molecular formula is C14H22N2O. The first-order chi connectivity index (χ1) is 8.17. The lowest BCUT2D eigenvalue weighted by molar-refractivity contribution is -0.124. The molecule has 0 aliphatic carbocycles. The molecule has 0 heterocycles. The Morgan fingerprint density at radius 2 is 1.88 bits per heavy atom. The molecule has 3 nitrogen and oxygen atoms in total. The fraction of sp³-hybridized carbons (Fsp3) is 0.500. The molecule has 94 valence electrons. The Hall–Kier alpha value is -1.35. The van der Waals surface area contributed by atoms with Crippen molar-refractivity contribution in [3.8, 4) is 0 Å². The summed E-state index contributed by atoms with van der Waals surface area (Å²) in [5, 5.41) is 2.89. The average molecular weight is 234 g/mol. The van der Waals surface area contributed by atoms with E-state index in [1.165, 1.54) is 11.1 Å². The predicted molar refractivity (Wildman–Crippen MR) is 70.8 cm³/mol. The maximum absolute atomic E-state index is 11.5. The highest BCUT2D eigenvalue weighted by atomic mass is 16.1. The molecule has 0 aromatic heterocycles. The van der Waals surface area contributed by atoms with Gasteiger partial charge in [0.15, 0.2) is 0 Å². The third kappa shape index (κ3) is 4.57. The van der Waals surface area contributed by atoms with Crippen LogP contribution in [0.2, 0.25) is 0 Å². The van der Waals surface area contributed by atoms with E-state index in [1.807, 2.05) is 6.92 Å². The van der Waals surface area contributed by atoms with E-state index in [4.69, 9.17) is 5.73 Å². The van der Waals surface area contributed by atoms with Crippen LogP contribution in [-0.2, 0) is 17.6 Å². The number of benzene rings is 1. The zero-order valence-corrected chi connectivity index (χ0v) is 10.7. The number of nitrogens with two attached hydrogens (primary N) is 1. The Labute approximate surface area is 103 Å². The fourth-order valence-electron chi connectivity index (χ4n) is 1.55. The maximum atomic E-state index is 11.5. The molecule has 1 unspecified atom stereocenters. The van der Waals surface area contributed by atoms with Gasteiger partial charge in [-0.25, -0.2) is 0 Å². The molecule has 1 rings (SSSR count). The molecule has 3 heteroatoms. The highest BCUT2D eigenvalue weighted by molar-refractivity contribution is 5.78. The van der Waals surface area contributed by atoms with Gasteiger partial charge in [-0.05, 0) is 24.0 Å². The van der Waals surface area contributed by atoms with Crippen molar-refractivity contribution < 1.29 is 4.79 Å². The minimum Gasteiger partial charge on any atom is -0.355 e. The standard InChI is InChI=1S/C14H22N2O/c1-3-12-4-6-13(7-5-12)8-9-16-14(17)11(2)10-15/h4-7,11H,3,8-10,15H2,1-2H3,(H,16,17). The van der Waals surface area contributed by atoms with Crippen LogP contribution < -0.4 is 11.1 Å². The number of hydrogen-bond acceptors (Lipinski definition) is 2. The molecule has 0 spiro atoms. The Balaban J connectivity index is 2.33. The first kappa shape index (κ1) is 13.7. The summed E-state index contributed by atoms with van der Waals surface area (Å²) in [6.45, 7) is 5.06. The van der Waals surface area contributed by atoms with Gasteiger partial charge in [0.05, 0.1) is 0 Å². The van der Waals surface area contributed by atoms with Crippen molar-refractivity contribution >= 4 is 5.91 Å². The summed E-state index contributed by atoms with van der Waals surface area (Å²) in [7, 11) is 0. The molecule has 0 fully saturated rings. The number of carbonyl (C=O) groups is 1. The van der Waals surface area contributed by atoms with E-state index in [-0.39, 0.29) is 11.8 Å². The zero-order valence-electron chi connectivity index (χ0n) is 10.7. The smallest absolute Gasteiger partial charge is 0.224 e. The van der Waals surface area contributed by atoms with Gasteiger partial charge in [-0.1, -0.05) is 38.1 Å². The first-order valence-electron chi connectivity index (χ1n) is 6.23. The van der Waals surface area contributed by atoms with Gasteiger partial charge in [-0.2, -0.15) is 0 Å². The molecule has 1 amide bonds. The lowest BCUT2D eigenvalue weighted by Gasteiger charge is -2.09. The van der Waals surface area contributed by atoms with Gasteiger partial charge in [-0.3, -0.25) is 4.79 Å². The zero-order chi connectivity index (χ0) is 12.7. The Bertz CT molecular complexity index is 346. The van der Waals surface area contributed by atoms with Crippen LogP contribution in [0.15, 0.2) is 24.3 Å². The fourth-order valence-corrected chi connectivity index (χ4v) is 1.55. The second-order valence-corrected chi connectivity index (χ2v) is 4.35. The lowest BCUT2D eigenvalue weighted by Crippen LogP contribution is -2.34. The Kier molecular flexibility index (Phi) is 5.70. The predicted octanol–water partition coefficient (Wildman–Crippen LogP) is 1.50. The number of hydrogen-bond donors (Lipinski definition) is 2. The molecule has 1 atom stereocenters. The normalized spacial score (nSPS) is 12.2. The summed E-state index contributed by atoms with van der Waals surface area (Å²) >= 11 is 0. The van der Waals surface area contributed by atoms with E-state index in [2.05, 4.69) is 36.5 Å². The van der Waals surface area contributed by atoms with E-state index < -0.39 is 0 Å². The van der Waals surface area contributed by atoms with Crippen molar-refractivity contribution in [2.75, 3.05) is 13.1 Å². The van der Waals surface area contributed by atoms with Crippen LogP contribution in [0.1, 0.15) is 25.0 Å². The van der Waals surface area contributed by atoms with Crippen molar-refractivity contribution in [3.05, 3.63) is 35.4 Å². The van der Waals surface area contributed by atoms with E-state index >= 15 is 0 Å². The van der Waals surface area contributed by atoms with Crippen LogP contribution >= 0.6 is 0 Å². The second-order valence-electron chi connectivity index (χ2n) is 4.35. The Morgan fingerprint density at radius 1 is 1.29 bits per heavy atom. The van der Waals surface area contributed by atoms with Gasteiger partial charge in [0, 0.05) is 19.0 Å². The average Bonchev–Trinajstić information content (AvgIpc) is 2.38. The molecule has 0 bridgehead atoms. The topological polar surface area (TPSA) is 55.1 Å². The SMILES string of the molecule is CCc1ccc(CCNC(=O)C(C)CN)cc1. The van der Waals surface area contributed by atoms with E-state index in [1.54, 1.807) is 0 Å². The molecule has 1 aromatic carbocycles. The third-order valence-electron chi connectivity index (χ3n) is 2.95. The molecule has 0 saturated carbocycles. The Morgan fingerprint density at radius 3 is 2.41 bits per heavy atom. The molecule has 0 radical (unpaired) electrons. The molecule has 17 heavy (non-hydrogen) atoms. The third-order valence-corrected chi connectivity index (χ3v) is 2.95. The van der Waals surface area contributed by atoms with Gasteiger partial charge < -0.3 is 11.1 Å². The van der Waals surface area contributed by atoms with Crippen molar-refractivity contribution in [3.63, 3.8) is 0 Å². The number of rotatable bonds is 6. The van der Waals surface area contributed by atoms with Gasteiger partial charge in [0.25, 0.3) is 0 Å². The molecule has 1 aromatic rings. The van der Waals surface area contributed by atoms with Crippen molar-refractivity contribution in [1.29, 1.82) is 0 Å². The minimum atomic E-state index is -0.0996. The maximum Gasteiger partial charge on any atom is 0.224 e. The second kappa shape index (κ2) is 7.07. The first-order valence-corrected chi connectivity index (χ1v) is 6.23. The quantitative estimate of drug-likeness (QED) is 0.783. The largest absolute Gasteiger partial charge is 0.355 e. The van der Waals surface area contributed by atoms with Gasteiger partial charge in [0.2, 0.25) is 5.91 Å². The highest BCUT2D eigenvalue weighted by Crippen LogP contribution is 2.05. The number of nitrogens with one attached hydrogen (secondary N) is 1. The molecular weight excluding hydrogens is 212 g/mol. The lowest BCUT2D eigenvalue weighted by atomic mass is 10.1. The molecule has 0 aliphatic heterocycles. The summed E-state index contributed by atoms with van der Waals surface area (Å²) in [5.74, 6) is -0.0601. The number of amides is 1. The van der Waals surface area contributed by atoms with Crippen LogP contribution in [0.25, 0.3) is 0 Å². The van der Waals surface area contributed by atoms with Gasteiger partial charge in [-0.15, -0.1) is 0 Å². The van der Waals surface area contributed by atoms with Crippen LogP contribution in [-0.4, -0.2) is 19.0 Å². The van der Waals surface area contributed by atoms with Crippen LogP contribution in [0, 0.1) is 5.92 Å².